The number of benzene rings is 1. The molecule has 1 aliphatic rings. The van der Waals surface area contributed by atoms with Crippen LogP contribution in [0.4, 0.5) is 0 Å². The Kier molecular flexibility index (Phi) is 5.18. The van der Waals surface area contributed by atoms with Crippen LogP contribution in [0.2, 0.25) is 0 Å². The molecule has 0 spiro atoms. The summed E-state index contributed by atoms with van der Waals surface area (Å²) in [4.78, 5) is 14.6. The molecule has 0 N–H and O–H groups in total. The zero-order valence-electron chi connectivity index (χ0n) is 12.8. The molecule has 1 aromatic carbocycles. The van der Waals surface area contributed by atoms with Crippen molar-refractivity contribution >= 4 is 5.78 Å². The average Bonchev–Trinajstić information content (AvgIpc) is 2.43. The number of rotatable bonds is 5. The Morgan fingerprint density at radius 2 is 2.00 bits per heavy atom. The molecule has 1 saturated heterocycles. The summed E-state index contributed by atoms with van der Waals surface area (Å²) >= 11 is 0. The summed E-state index contributed by atoms with van der Waals surface area (Å²) in [6.07, 6.45) is 2.39. The van der Waals surface area contributed by atoms with E-state index in [9.17, 15) is 4.79 Å². The fourth-order valence-corrected chi connectivity index (χ4v) is 2.87. The molecule has 1 fully saturated rings. The van der Waals surface area contributed by atoms with Crippen LogP contribution in [-0.2, 0) is 0 Å². The summed E-state index contributed by atoms with van der Waals surface area (Å²) in [7, 11) is 0. The van der Waals surface area contributed by atoms with Gasteiger partial charge >= 0.3 is 0 Å². The standard InChI is InChI=1S/C17H25NO2/c1-4-20-16-7-5-15(6-8-16)17(19)12-18-10-9-13(2)11-14(18)3/h5-8,13-14H,4,9-12H2,1-3H3. The van der Waals surface area contributed by atoms with Gasteiger partial charge in [-0.3, -0.25) is 9.69 Å². The van der Waals surface area contributed by atoms with Crippen molar-refractivity contribution in [2.45, 2.75) is 39.7 Å². The summed E-state index contributed by atoms with van der Waals surface area (Å²) in [6.45, 7) is 8.69. The molecule has 2 atom stereocenters. The van der Waals surface area contributed by atoms with Crippen molar-refractivity contribution in [1.29, 1.82) is 0 Å². The van der Waals surface area contributed by atoms with E-state index in [0.29, 0.717) is 19.2 Å². The van der Waals surface area contributed by atoms with Gasteiger partial charge < -0.3 is 4.74 Å². The van der Waals surface area contributed by atoms with Gasteiger partial charge in [-0.25, -0.2) is 0 Å². The summed E-state index contributed by atoms with van der Waals surface area (Å²) in [5, 5.41) is 0. The van der Waals surface area contributed by atoms with Gasteiger partial charge in [-0.1, -0.05) is 6.92 Å². The molecule has 110 valence electrons. The van der Waals surface area contributed by atoms with Crippen molar-refractivity contribution in [3.63, 3.8) is 0 Å². The van der Waals surface area contributed by atoms with E-state index < -0.39 is 0 Å². The molecular formula is C17H25NO2. The van der Waals surface area contributed by atoms with Crippen LogP contribution in [0.1, 0.15) is 44.0 Å². The third kappa shape index (κ3) is 3.83. The summed E-state index contributed by atoms with van der Waals surface area (Å²) in [5.41, 5.74) is 0.777. The van der Waals surface area contributed by atoms with Crippen LogP contribution in [0, 0.1) is 5.92 Å². The Bertz CT molecular complexity index is 441. The van der Waals surface area contributed by atoms with Gasteiger partial charge in [0.1, 0.15) is 5.75 Å². The number of likely N-dealkylation sites (tertiary alicyclic amines) is 1. The van der Waals surface area contributed by atoms with E-state index >= 15 is 0 Å². The normalized spacial score (nSPS) is 23.6. The third-order valence-electron chi connectivity index (χ3n) is 4.11. The third-order valence-corrected chi connectivity index (χ3v) is 4.11. The molecule has 1 aromatic rings. The zero-order valence-corrected chi connectivity index (χ0v) is 12.8. The van der Waals surface area contributed by atoms with E-state index in [1.807, 2.05) is 31.2 Å². The van der Waals surface area contributed by atoms with E-state index in [4.69, 9.17) is 4.74 Å². The van der Waals surface area contributed by atoms with Crippen molar-refractivity contribution in [1.82, 2.24) is 4.90 Å². The highest BCUT2D eigenvalue weighted by Gasteiger charge is 2.24. The highest BCUT2D eigenvalue weighted by Crippen LogP contribution is 2.22. The number of nitrogens with zero attached hydrogens (tertiary/aromatic N) is 1. The van der Waals surface area contributed by atoms with Crippen molar-refractivity contribution in [3.05, 3.63) is 29.8 Å². The van der Waals surface area contributed by atoms with Crippen molar-refractivity contribution < 1.29 is 9.53 Å². The lowest BCUT2D eigenvalue weighted by Gasteiger charge is -2.35. The van der Waals surface area contributed by atoms with Crippen molar-refractivity contribution in [3.8, 4) is 5.75 Å². The second-order valence-electron chi connectivity index (χ2n) is 5.83. The maximum absolute atomic E-state index is 12.3. The predicted octanol–water partition coefficient (Wildman–Crippen LogP) is 3.39. The van der Waals surface area contributed by atoms with Gasteiger partial charge in [0.25, 0.3) is 0 Å². The van der Waals surface area contributed by atoms with Gasteiger partial charge in [0, 0.05) is 11.6 Å². The lowest BCUT2D eigenvalue weighted by molar-refractivity contribution is 0.0816. The molecular weight excluding hydrogens is 250 g/mol. The van der Waals surface area contributed by atoms with Gasteiger partial charge in [-0.15, -0.1) is 0 Å². The summed E-state index contributed by atoms with van der Waals surface area (Å²) < 4.78 is 5.40. The van der Waals surface area contributed by atoms with Crippen molar-refractivity contribution in [2.24, 2.45) is 5.92 Å². The van der Waals surface area contributed by atoms with E-state index in [-0.39, 0.29) is 5.78 Å². The van der Waals surface area contributed by atoms with Gasteiger partial charge in [0.15, 0.2) is 5.78 Å². The van der Waals surface area contributed by atoms with Gasteiger partial charge in [-0.05, 0) is 63.4 Å². The number of ketones is 1. The molecule has 0 aliphatic carbocycles. The first-order chi connectivity index (χ1) is 9.60. The number of carbonyl (C=O) groups is 1. The number of carbonyl (C=O) groups excluding carboxylic acids is 1. The molecule has 0 amide bonds. The number of hydrogen-bond acceptors (Lipinski definition) is 3. The Balaban J connectivity index is 1.94. The lowest BCUT2D eigenvalue weighted by Crippen LogP contribution is -2.43. The molecule has 3 heteroatoms. The maximum Gasteiger partial charge on any atom is 0.176 e. The second kappa shape index (κ2) is 6.89. The van der Waals surface area contributed by atoms with E-state index in [2.05, 4.69) is 18.7 Å². The van der Waals surface area contributed by atoms with Crippen molar-refractivity contribution in [2.75, 3.05) is 19.7 Å². The van der Waals surface area contributed by atoms with Crippen LogP contribution in [-0.4, -0.2) is 36.4 Å². The fourth-order valence-electron chi connectivity index (χ4n) is 2.87. The summed E-state index contributed by atoms with van der Waals surface area (Å²) in [5.74, 6) is 1.81. The molecule has 3 nitrogen and oxygen atoms in total. The van der Waals surface area contributed by atoms with E-state index in [1.54, 1.807) is 0 Å². The Hall–Kier alpha value is -1.35. The Morgan fingerprint density at radius 3 is 2.60 bits per heavy atom. The topological polar surface area (TPSA) is 29.5 Å². The van der Waals surface area contributed by atoms with Gasteiger partial charge in [0.05, 0.1) is 13.2 Å². The quantitative estimate of drug-likeness (QED) is 0.771. The molecule has 0 aromatic heterocycles. The first kappa shape index (κ1) is 15.0. The first-order valence-electron chi connectivity index (χ1n) is 7.60. The minimum Gasteiger partial charge on any atom is -0.494 e. The largest absolute Gasteiger partial charge is 0.494 e. The number of hydrogen-bond donors (Lipinski definition) is 0. The van der Waals surface area contributed by atoms with Crippen LogP contribution < -0.4 is 4.74 Å². The zero-order chi connectivity index (χ0) is 14.5. The molecule has 0 bridgehead atoms. The lowest BCUT2D eigenvalue weighted by atomic mass is 9.93. The minimum atomic E-state index is 0.203. The monoisotopic (exact) mass is 275 g/mol. The molecule has 1 aliphatic heterocycles. The molecule has 2 rings (SSSR count). The van der Waals surface area contributed by atoms with Crippen LogP contribution >= 0.6 is 0 Å². The smallest absolute Gasteiger partial charge is 0.176 e. The highest BCUT2D eigenvalue weighted by molar-refractivity contribution is 5.97. The second-order valence-corrected chi connectivity index (χ2v) is 5.83. The maximum atomic E-state index is 12.3. The Morgan fingerprint density at radius 1 is 1.30 bits per heavy atom. The first-order valence-corrected chi connectivity index (χ1v) is 7.60. The van der Waals surface area contributed by atoms with Crippen LogP contribution in [0.25, 0.3) is 0 Å². The molecule has 0 radical (unpaired) electrons. The number of piperidine rings is 1. The van der Waals surface area contributed by atoms with Crippen LogP contribution in [0.3, 0.4) is 0 Å². The van der Waals surface area contributed by atoms with Gasteiger partial charge in [0.2, 0.25) is 0 Å². The summed E-state index contributed by atoms with van der Waals surface area (Å²) in [6, 6.07) is 7.98. The SMILES string of the molecule is CCOc1ccc(C(=O)CN2CCC(C)CC2C)cc1. The highest BCUT2D eigenvalue weighted by atomic mass is 16.5. The average molecular weight is 275 g/mol. The van der Waals surface area contributed by atoms with Crippen LogP contribution in [0.15, 0.2) is 24.3 Å². The van der Waals surface area contributed by atoms with Gasteiger partial charge in [-0.2, -0.15) is 0 Å². The van der Waals surface area contributed by atoms with E-state index in [1.165, 1.54) is 12.8 Å². The fraction of sp³-hybridized carbons (Fsp3) is 0.588. The molecule has 0 saturated carbocycles. The minimum absolute atomic E-state index is 0.203. The molecule has 1 heterocycles. The predicted molar refractivity (Wildman–Crippen MR) is 81.4 cm³/mol. The Labute approximate surface area is 121 Å². The van der Waals surface area contributed by atoms with Crippen LogP contribution in [0.5, 0.6) is 5.75 Å². The van der Waals surface area contributed by atoms with E-state index in [0.717, 1.165) is 23.8 Å². The molecule has 2 unspecified atom stereocenters. The number of ether oxygens (including phenoxy) is 1. The number of Topliss-reactive ketones (excluding diaryl/α,β-unsaturated/α-hetero) is 1. The molecule has 20 heavy (non-hydrogen) atoms.